The lowest BCUT2D eigenvalue weighted by Gasteiger charge is -2.33. The zero-order chi connectivity index (χ0) is 46.5. The maximum atomic E-state index is 6.19. The van der Waals surface area contributed by atoms with Crippen molar-refractivity contribution in [1.82, 2.24) is 0 Å². The van der Waals surface area contributed by atoms with Crippen LogP contribution in [0.4, 0.5) is 0 Å². The summed E-state index contributed by atoms with van der Waals surface area (Å²) < 4.78 is 17.6. The van der Waals surface area contributed by atoms with Crippen molar-refractivity contribution in [3.8, 4) is 0 Å². The highest BCUT2D eigenvalue weighted by Gasteiger charge is 2.32. The predicted molar refractivity (Wildman–Crippen MR) is 315 cm³/mol. The van der Waals surface area contributed by atoms with E-state index in [0.717, 1.165) is 0 Å². The molecule has 3 nitrogen and oxygen atoms in total. The van der Waals surface area contributed by atoms with Gasteiger partial charge in [0.2, 0.25) is 0 Å². The third-order valence-corrected chi connectivity index (χ3v) is 54.2. The van der Waals surface area contributed by atoms with E-state index >= 15 is 0 Å². The summed E-state index contributed by atoms with van der Waals surface area (Å²) in [4.78, 5) is 0. The van der Waals surface area contributed by atoms with Crippen LogP contribution in [0.25, 0.3) is 0 Å². The van der Waals surface area contributed by atoms with Crippen LogP contribution in [0, 0.1) is 0 Å². The molecule has 0 amide bonds. The molecule has 1 aromatic rings. The molecule has 0 fully saturated rings. The van der Waals surface area contributed by atoms with Crippen molar-refractivity contribution in [1.29, 1.82) is 0 Å². The van der Waals surface area contributed by atoms with Gasteiger partial charge in [0.25, 0.3) is 0 Å². The first-order valence-electron chi connectivity index (χ1n) is 23.6. The van der Waals surface area contributed by atoms with Crippen LogP contribution in [0.15, 0.2) is 24.3 Å². The average molecular weight is 1020 g/mol. The molecule has 0 aliphatic carbocycles. The van der Waals surface area contributed by atoms with Gasteiger partial charge in [-0.25, -0.2) is 0 Å². The van der Waals surface area contributed by atoms with Gasteiger partial charge in [-0.1, -0.05) is 170 Å². The molecule has 0 aromatic heterocycles. The molecule has 0 saturated heterocycles. The van der Waals surface area contributed by atoms with Crippen molar-refractivity contribution in [3.63, 3.8) is 0 Å². The lowest BCUT2D eigenvalue weighted by atomic mass is 10.4. The third kappa shape index (κ3) is 54.0. The standard InChI is InChI=1S/C10H18Si2.C9H26OSi3.C7H20Si2.C6H18OSi2.C5H16Si2.C4H14OSi2/c1-11(2)9-5-7-10(8-6-9)12(3)4;1-8-12(4,5)9-13(6,7)10-11(2)3;2*1-6-9(4,5)7-8(2)3;2*1-6(2)5-7(3)4/h5-8,11-12H,1-4H3;11H,8-9H2,1-7H3;8H,6-7H2,1-5H3;8H,6H2,1-5H3;6-7H,5H2,1-4H3;6-7H,1-4H3. The van der Waals surface area contributed by atoms with Gasteiger partial charge in [0.1, 0.15) is 0 Å². The molecule has 0 aliphatic rings. The molecular weight excluding hydrogens is 906 g/mol. The fourth-order valence-electron chi connectivity index (χ4n) is 6.68. The second kappa shape index (κ2) is 36.3. The smallest absolute Gasteiger partial charge is 0.172 e. The first-order valence-corrected chi connectivity index (χ1v) is 62.9. The molecule has 1 aromatic carbocycles. The minimum Gasteiger partial charge on any atom is -0.461 e. The van der Waals surface area contributed by atoms with Crippen molar-refractivity contribution in [2.24, 2.45) is 0 Å². The Bertz CT molecular complexity index is 956. The maximum absolute atomic E-state index is 6.19. The maximum Gasteiger partial charge on any atom is 0.172 e. The van der Waals surface area contributed by atoms with Gasteiger partial charge in [-0.3, -0.25) is 0 Å². The highest BCUT2D eigenvalue weighted by Crippen LogP contribution is 2.24. The third-order valence-electron chi connectivity index (χ3n) is 9.50. The molecule has 0 aliphatic heterocycles. The highest BCUT2D eigenvalue weighted by atomic mass is 28.4. The fourth-order valence-corrected chi connectivity index (χ4v) is 52.7. The van der Waals surface area contributed by atoms with E-state index < -0.39 is 86.5 Å². The van der Waals surface area contributed by atoms with E-state index in [1.165, 1.54) is 23.8 Å². The molecule has 0 atom stereocenters. The molecule has 0 N–H and O–H groups in total. The monoisotopic (exact) mass is 1020 g/mol. The normalized spacial score (nSPS) is 12.2. The van der Waals surface area contributed by atoms with E-state index in [-0.39, 0.29) is 26.4 Å². The number of benzene rings is 1. The van der Waals surface area contributed by atoms with Crippen LogP contribution in [-0.4, -0.2) is 113 Å². The average Bonchev–Trinajstić information content (AvgIpc) is 2.99. The van der Waals surface area contributed by atoms with Gasteiger partial charge in [0.15, 0.2) is 52.8 Å². The first-order chi connectivity index (χ1) is 25.5. The van der Waals surface area contributed by atoms with Gasteiger partial charge in [-0.2, -0.15) is 0 Å². The largest absolute Gasteiger partial charge is 0.461 e. The van der Waals surface area contributed by atoms with Crippen LogP contribution in [0.1, 0.15) is 20.8 Å². The van der Waals surface area contributed by atoms with Crippen LogP contribution in [-0.2, 0) is 12.3 Å². The summed E-state index contributed by atoms with van der Waals surface area (Å²) in [5.74, 6) is 0. The van der Waals surface area contributed by atoms with Gasteiger partial charge in [-0.15, -0.1) is 0 Å². The minimum atomic E-state index is -1.30. The van der Waals surface area contributed by atoms with Crippen LogP contribution < -0.4 is 10.4 Å². The lowest BCUT2D eigenvalue weighted by Crippen LogP contribution is -2.43. The SMILES string of the molecule is CC[Si](C)(C)C[SiH](C)C.CC[Si](C)(C)C[Si](C)(C)O[SiH](C)C.CC[Si](C)(C)O[SiH](C)C.C[SiH](C)C[SiH](C)C.C[SiH](C)O[SiH](C)C.C[SiH](C)c1ccc([SiH](C)C)cc1. The summed E-state index contributed by atoms with van der Waals surface area (Å²) >= 11 is 0. The predicted octanol–water partition coefficient (Wildman–Crippen LogP) is 12.0. The molecule has 16 heteroatoms. The van der Waals surface area contributed by atoms with Gasteiger partial charge >= 0.3 is 0 Å². The van der Waals surface area contributed by atoms with Crippen molar-refractivity contribution in [2.75, 3.05) is 0 Å². The van der Waals surface area contributed by atoms with Crippen molar-refractivity contribution >= 4 is 123 Å². The van der Waals surface area contributed by atoms with Gasteiger partial charge in [0, 0.05) is 42.5 Å². The molecule has 0 bridgehead atoms. The van der Waals surface area contributed by atoms with Crippen LogP contribution >= 0.6 is 0 Å². The van der Waals surface area contributed by atoms with E-state index in [2.05, 4.69) is 215 Å². The van der Waals surface area contributed by atoms with Crippen molar-refractivity contribution in [3.05, 3.63) is 24.3 Å². The summed E-state index contributed by atoms with van der Waals surface area (Å²) in [6.45, 7) is 68.4. The molecule has 0 radical (unpaired) electrons. The highest BCUT2D eigenvalue weighted by molar-refractivity contribution is 6.94. The molecule has 0 heterocycles. The summed E-state index contributed by atoms with van der Waals surface area (Å²) in [6, 6.07) is 13.4. The molecular formula is C41H112O3Si13. The van der Waals surface area contributed by atoms with Crippen LogP contribution in [0.5, 0.6) is 0 Å². The Labute approximate surface area is 383 Å². The Morgan fingerprint density at radius 2 is 0.719 bits per heavy atom. The lowest BCUT2D eigenvalue weighted by molar-refractivity contribution is 0.573. The van der Waals surface area contributed by atoms with E-state index in [1.54, 1.807) is 21.7 Å². The van der Waals surface area contributed by atoms with Crippen LogP contribution in [0.2, 0.25) is 205 Å². The summed E-state index contributed by atoms with van der Waals surface area (Å²) in [6.07, 6.45) is 0. The van der Waals surface area contributed by atoms with E-state index in [4.69, 9.17) is 12.3 Å². The topological polar surface area (TPSA) is 27.7 Å². The Morgan fingerprint density at radius 1 is 0.404 bits per heavy atom. The van der Waals surface area contributed by atoms with Gasteiger partial charge in [0.05, 0.1) is 17.6 Å². The van der Waals surface area contributed by atoms with Gasteiger partial charge in [-0.05, 0) is 90.3 Å². The Morgan fingerprint density at radius 3 is 0.860 bits per heavy atom. The van der Waals surface area contributed by atoms with E-state index in [9.17, 15) is 0 Å². The molecule has 57 heavy (non-hydrogen) atoms. The Kier molecular flexibility index (Phi) is 43.3. The van der Waals surface area contributed by atoms with Crippen molar-refractivity contribution < 1.29 is 12.3 Å². The second-order valence-corrected chi connectivity index (χ2v) is 70.7. The first kappa shape index (κ1) is 68.0. The van der Waals surface area contributed by atoms with Gasteiger partial charge < -0.3 is 12.3 Å². The number of hydrogen-bond acceptors (Lipinski definition) is 3. The number of hydrogen-bond donors (Lipinski definition) is 0. The Balaban J connectivity index is -0.000000193. The minimum absolute atomic E-state index is 0.167. The summed E-state index contributed by atoms with van der Waals surface area (Å²) in [5.41, 5.74) is 4.70. The van der Waals surface area contributed by atoms with Crippen LogP contribution in [0.3, 0.4) is 0 Å². The molecule has 0 spiro atoms. The Hall–Kier alpha value is 1.92. The quantitative estimate of drug-likeness (QED) is 0.146. The van der Waals surface area contributed by atoms with E-state index in [1.807, 2.05) is 0 Å². The summed E-state index contributed by atoms with van der Waals surface area (Å²) in [7, 11) is -8.69. The molecule has 0 unspecified atom stereocenters. The second-order valence-electron chi connectivity index (χ2n) is 22.2. The number of rotatable bonds is 17. The van der Waals surface area contributed by atoms with E-state index in [0.29, 0.717) is 0 Å². The zero-order valence-electron chi connectivity index (χ0n) is 45.0. The molecule has 346 valence electrons. The molecule has 0 saturated carbocycles. The van der Waals surface area contributed by atoms with Crippen molar-refractivity contribution in [2.45, 2.75) is 226 Å². The summed E-state index contributed by atoms with van der Waals surface area (Å²) in [5, 5.41) is 3.18. The molecule has 1 rings (SSSR count). The zero-order valence-corrected chi connectivity index (χ0v) is 59.4. The fraction of sp³-hybridized carbons (Fsp3) is 0.854.